The maximum absolute atomic E-state index is 11.8. The zero-order valence-electron chi connectivity index (χ0n) is 8.43. The van der Waals surface area contributed by atoms with Gasteiger partial charge in [0.25, 0.3) is 0 Å². The van der Waals surface area contributed by atoms with Crippen molar-refractivity contribution >= 4 is 0 Å². The van der Waals surface area contributed by atoms with E-state index in [1.54, 1.807) is 6.20 Å². The topological polar surface area (TPSA) is 24.9 Å². The van der Waals surface area contributed by atoms with Gasteiger partial charge < -0.3 is 5.32 Å². The molecule has 0 bridgehead atoms. The highest BCUT2D eigenvalue weighted by atomic mass is 19.4. The van der Waals surface area contributed by atoms with Crippen LogP contribution in [0.4, 0.5) is 13.2 Å². The third-order valence-electron chi connectivity index (χ3n) is 1.89. The normalized spacial score (nSPS) is 11.7. The van der Waals surface area contributed by atoms with Crippen LogP contribution in [0.25, 0.3) is 0 Å². The second-order valence-electron chi connectivity index (χ2n) is 3.35. The quantitative estimate of drug-likeness (QED) is 0.785. The summed E-state index contributed by atoms with van der Waals surface area (Å²) in [5.74, 6) is 0. The van der Waals surface area contributed by atoms with Gasteiger partial charge in [-0.05, 0) is 18.6 Å². The molecule has 1 heterocycles. The average Bonchev–Trinajstić information content (AvgIpc) is 2.14. The molecular formula is C10H13F3N2. The van der Waals surface area contributed by atoms with E-state index in [1.807, 2.05) is 19.1 Å². The van der Waals surface area contributed by atoms with E-state index in [-0.39, 0.29) is 6.54 Å². The van der Waals surface area contributed by atoms with Crippen LogP contribution in [0.2, 0.25) is 0 Å². The number of alkyl halides is 3. The Morgan fingerprint density at radius 2 is 2.07 bits per heavy atom. The highest BCUT2D eigenvalue weighted by Gasteiger charge is 2.25. The van der Waals surface area contributed by atoms with E-state index in [1.165, 1.54) is 0 Å². The number of aromatic nitrogens is 1. The molecule has 0 amide bonds. The van der Waals surface area contributed by atoms with Crippen LogP contribution >= 0.6 is 0 Å². The predicted octanol–water partition coefficient (Wildman–Crippen LogP) is 2.43. The molecule has 0 saturated carbocycles. The Hall–Kier alpha value is -1.10. The second-order valence-corrected chi connectivity index (χ2v) is 3.35. The van der Waals surface area contributed by atoms with Crippen LogP contribution in [0.15, 0.2) is 18.3 Å². The van der Waals surface area contributed by atoms with Crippen molar-refractivity contribution in [2.75, 3.05) is 6.54 Å². The standard InChI is InChI=1S/C10H13F3N2/c1-8-2-3-9(7-15-8)6-14-5-4-10(11,12)13/h2-3,7,14H,4-6H2,1H3. The van der Waals surface area contributed by atoms with Gasteiger partial charge in [0, 0.05) is 25.0 Å². The molecule has 0 unspecified atom stereocenters. The third kappa shape index (κ3) is 5.37. The average molecular weight is 218 g/mol. The zero-order chi connectivity index (χ0) is 11.3. The SMILES string of the molecule is Cc1ccc(CNCCC(F)(F)F)cn1. The van der Waals surface area contributed by atoms with Crippen molar-refractivity contribution in [1.82, 2.24) is 10.3 Å². The molecular weight excluding hydrogens is 205 g/mol. The smallest absolute Gasteiger partial charge is 0.312 e. The fourth-order valence-electron chi connectivity index (χ4n) is 1.07. The predicted molar refractivity (Wildman–Crippen MR) is 51.4 cm³/mol. The lowest BCUT2D eigenvalue weighted by atomic mass is 10.2. The minimum absolute atomic E-state index is 0.0582. The number of hydrogen-bond acceptors (Lipinski definition) is 2. The van der Waals surface area contributed by atoms with E-state index >= 15 is 0 Å². The van der Waals surface area contributed by atoms with E-state index in [0.29, 0.717) is 6.54 Å². The van der Waals surface area contributed by atoms with Crippen LogP contribution in [0.5, 0.6) is 0 Å². The fourth-order valence-corrected chi connectivity index (χ4v) is 1.07. The van der Waals surface area contributed by atoms with E-state index < -0.39 is 12.6 Å². The first kappa shape index (κ1) is 12.0. The van der Waals surface area contributed by atoms with Crippen molar-refractivity contribution in [3.8, 4) is 0 Å². The van der Waals surface area contributed by atoms with Crippen LogP contribution in [-0.2, 0) is 6.54 Å². The molecule has 0 aromatic carbocycles. The Morgan fingerprint density at radius 1 is 1.33 bits per heavy atom. The number of halogens is 3. The minimum atomic E-state index is -4.08. The van der Waals surface area contributed by atoms with E-state index in [0.717, 1.165) is 11.3 Å². The van der Waals surface area contributed by atoms with Crippen molar-refractivity contribution < 1.29 is 13.2 Å². The van der Waals surface area contributed by atoms with Crippen LogP contribution < -0.4 is 5.32 Å². The lowest BCUT2D eigenvalue weighted by molar-refractivity contribution is -0.133. The first-order chi connectivity index (χ1) is 6.97. The number of rotatable bonds is 4. The van der Waals surface area contributed by atoms with Gasteiger partial charge in [-0.3, -0.25) is 4.98 Å². The molecule has 84 valence electrons. The Morgan fingerprint density at radius 3 is 2.60 bits per heavy atom. The Bertz CT molecular complexity index is 293. The van der Waals surface area contributed by atoms with Gasteiger partial charge >= 0.3 is 6.18 Å². The molecule has 1 N–H and O–H groups in total. The molecule has 15 heavy (non-hydrogen) atoms. The highest BCUT2D eigenvalue weighted by molar-refractivity contribution is 5.12. The summed E-state index contributed by atoms with van der Waals surface area (Å²) >= 11 is 0. The Labute approximate surface area is 86.5 Å². The Kier molecular flexibility index (Phi) is 4.08. The van der Waals surface area contributed by atoms with Gasteiger partial charge in [-0.15, -0.1) is 0 Å². The molecule has 1 aromatic rings. The summed E-state index contributed by atoms with van der Waals surface area (Å²) < 4.78 is 35.3. The maximum atomic E-state index is 11.8. The summed E-state index contributed by atoms with van der Waals surface area (Å²) in [7, 11) is 0. The van der Waals surface area contributed by atoms with E-state index in [2.05, 4.69) is 10.3 Å². The zero-order valence-corrected chi connectivity index (χ0v) is 8.43. The lowest BCUT2D eigenvalue weighted by Gasteiger charge is -2.07. The van der Waals surface area contributed by atoms with Gasteiger partial charge in [0.15, 0.2) is 0 Å². The number of hydrogen-bond donors (Lipinski definition) is 1. The molecule has 1 rings (SSSR count). The molecule has 0 aliphatic heterocycles. The van der Waals surface area contributed by atoms with Crippen LogP contribution in [0.1, 0.15) is 17.7 Å². The van der Waals surface area contributed by atoms with Crippen LogP contribution in [0.3, 0.4) is 0 Å². The van der Waals surface area contributed by atoms with Crippen molar-refractivity contribution in [2.24, 2.45) is 0 Å². The molecule has 2 nitrogen and oxygen atoms in total. The van der Waals surface area contributed by atoms with Crippen molar-refractivity contribution in [3.63, 3.8) is 0 Å². The van der Waals surface area contributed by atoms with E-state index in [9.17, 15) is 13.2 Å². The summed E-state index contributed by atoms with van der Waals surface area (Å²) in [6, 6.07) is 3.68. The Balaban J connectivity index is 2.23. The van der Waals surface area contributed by atoms with Gasteiger partial charge in [0.2, 0.25) is 0 Å². The monoisotopic (exact) mass is 218 g/mol. The fraction of sp³-hybridized carbons (Fsp3) is 0.500. The van der Waals surface area contributed by atoms with Crippen molar-refractivity contribution in [2.45, 2.75) is 26.1 Å². The largest absolute Gasteiger partial charge is 0.390 e. The summed E-state index contributed by atoms with van der Waals surface area (Å²) in [6.45, 7) is 2.22. The van der Waals surface area contributed by atoms with Gasteiger partial charge in [-0.25, -0.2) is 0 Å². The van der Waals surface area contributed by atoms with Crippen LogP contribution in [0, 0.1) is 6.92 Å². The van der Waals surface area contributed by atoms with Gasteiger partial charge in [-0.1, -0.05) is 6.07 Å². The number of pyridine rings is 1. The highest BCUT2D eigenvalue weighted by Crippen LogP contribution is 2.18. The van der Waals surface area contributed by atoms with Crippen molar-refractivity contribution in [3.05, 3.63) is 29.6 Å². The molecule has 0 saturated heterocycles. The van der Waals surface area contributed by atoms with Gasteiger partial charge in [0.1, 0.15) is 0 Å². The molecule has 0 fully saturated rings. The summed E-state index contributed by atoms with van der Waals surface area (Å²) in [6.07, 6.45) is -3.22. The summed E-state index contributed by atoms with van der Waals surface area (Å²) in [4.78, 5) is 4.04. The molecule has 5 heteroatoms. The maximum Gasteiger partial charge on any atom is 0.390 e. The van der Waals surface area contributed by atoms with E-state index in [4.69, 9.17) is 0 Å². The number of nitrogens with one attached hydrogen (secondary N) is 1. The molecule has 1 aromatic heterocycles. The molecule has 0 spiro atoms. The molecule has 0 aliphatic rings. The number of nitrogens with zero attached hydrogens (tertiary/aromatic N) is 1. The van der Waals surface area contributed by atoms with Crippen LogP contribution in [-0.4, -0.2) is 17.7 Å². The first-order valence-electron chi connectivity index (χ1n) is 4.66. The number of aryl methyl sites for hydroxylation is 1. The van der Waals surface area contributed by atoms with Gasteiger partial charge in [0.05, 0.1) is 6.42 Å². The minimum Gasteiger partial charge on any atom is -0.312 e. The summed E-state index contributed by atoms with van der Waals surface area (Å²) in [5, 5.41) is 2.72. The molecule has 0 radical (unpaired) electrons. The molecule has 0 aliphatic carbocycles. The lowest BCUT2D eigenvalue weighted by Crippen LogP contribution is -2.21. The molecule has 0 atom stereocenters. The summed E-state index contributed by atoms with van der Waals surface area (Å²) in [5.41, 5.74) is 1.79. The third-order valence-corrected chi connectivity index (χ3v) is 1.89. The first-order valence-corrected chi connectivity index (χ1v) is 4.66. The van der Waals surface area contributed by atoms with Gasteiger partial charge in [-0.2, -0.15) is 13.2 Å². The second kappa shape index (κ2) is 5.11. The van der Waals surface area contributed by atoms with Crippen molar-refractivity contribution in [1.29, 1.82) is 0 Å².